The summed E-state index contributed by atoms with van der Waals surface area (Å²) in [6.07, 6.45) is 0. The quantitative estimate of drug-likeness (QED) is 0.417. The molecule has 0 radical (unpaired) electrons. The molecule has 0 amide bonds. The number of rotatable bonds is 2. The molecule has 23 heavy (non-hydrogen) atoms. The second-order valence-corrected chi connectivity index (χ2v) is 5.34. The Morgan fingerprint density at radius 1 is 1.04 bits per heavy atom. The van der Waals surface area contributed by atoms with Crippen molar-refractivity contribution in [2.75, 3.05) is 0 Å². The first kappa shape index (κ1) is 13.4. The van der Waals surface area contributed by atoms with Gasteiger partial charge in [-0.1, -0.05) is 30.3 Å². The average molecular weight is 304 g/mol. The second-order valence-electron chi connectivity index (χ2n) is 5.34. The molecular weight excluding hydrogens is 292 g/mol. The van der Waals surface area contributed by atoms with E-state index in [2.05, 4.69) is 10.2 Å². The molecule has 0 bridgehead atoms. The van der Waals surface area contributed by atoms with E-state index in [1.54, 1.807) is 18.2 Å². The van der Waals surface area contributed by atoms with Crippen LogP contribution in [0.3, 0.4) is 0 Å². The summed E-state index contributed by atoms with van der Waals surface area (Å²) in [6, 6.07) is 16.4. The van der Waals surface area contributed by atoms with E-state index in [4.69, 9.17) is 0 Å². The van der Waals surface area contributed by atoms with Gasteiger partial charge in [0.1, 0.15) is 0 Å². The molecule has 0 spiro atoms. The Kier molecular flexibility index (Phi) is 2.84. The van der Waals surface area contributed by atoms with Gasteiger partial charge < -0.3 is 0 Å². The Labute approximate surface area is 131 Å². The van der Waals surface area contributed by atoms with Gasteiger partial charge >= 0.3 is 0 Å². The number of aromatic nitrogens is 3. The number of benzene rings is 2. The van der Waals surface area contributed by atoms with Crippen LogP contribution < -0.4 is 0 Å². The van der Waals surface area contributed by atoms with Crippen LogP contribution in [-0.2, 0) is 0 Å². The molecule has 0 saturated heterocycles. The Morgan fingerprint density at radius 2 is 1.78 bits per heavy atom. The van der Waals surface area contributed by atoms with Crippen LogP contribution in [-0.4, -0.2) is 19.5 Å². The van der Waals surface area contributed by atoms with Crippen LogP contribution >= 0.6 is 0 Å². The minimum atomic E-state index is -0.396. The van der Waals surface area contributed by atoms with Crippen molar-refractivity contribution in [2.45, 2.75) is 6.92 Å². The number of fused-ring (bicyclic) bond motifs is 3. The molecule has 6 heteroatoms. The summed E-state index contributed by atoms with van der Waals surface area (Å²) in [5.41, 5.74) is 3.18. The number of hydrogen-bond donors (Lipinski definition) is 0. The number of nitro groups is 1. The molecule has 112 valence electrons. The lowest BCUT2D eigenvalue weighted by molar-refractivity contribution is -0.384. The van der Waals surface area contributed by atoms with Gasteiger partial charge in [-0.05, 0) is 30.7 Å². The minimum absolute atomic E-state index is 0.0199. The molecule has 4 rings (SSSR count). The van der Waals surface area contributed by atoms with Crippen molar-refractivity contribution in [3.05, 3.63) is 70.3 Å². The van der Waals surface area contributed by atoms with Crippen LogP contribution in [0.1, 0.15) is 5.56 Å². The highest BCUT2D eigenvalue weighted by atomic mass is 16.6. The van der Waals surface area contributed by atoms with Crippen LogP contribution in [0.15, 0.2) is 54.6 Å². The maximum Gasteiger partial charge on any atom is 0.280 e. The van der Waals surface area contributed by atoms with Crippen molar-refractivity contribution < 1.29 is 4.92 Å². The normalized spacial score (nSPS) is 11.2. The van der Waals surface area contributed by atoms with Crippen molar-refractivity contribution >= 4 is 22.2 Å². The third-order valence-corrected chi connectivity index (χ3v) is 3.95. The summed E-state index contributed by atoms with van der Waals surface area (Å²) < 4.78 is 1.87. The van der Waals surface area contributed by atoms with Gasteiger partial charge in [0.2, 0.25) is 0 Å². The zero-order valence-electron chi connectivity index (χ0n) is 12.3. The molecule has 6 nitrogen and oxygen atoms in total. The number of pyridine rings is 1. The molecule has 0 unspecified atom stereocenters. The number of nitrogens with zero attached hydrogens (tertiary/aromatic N) is 4. The molecule has 0 atom stereocenters. The number of aryl methyl sites for hydroxylation is 1. The standard InChI is InChI=1S/C17H12N4O2/c1-11-10-16-18-19-17(13-7-3-5-9-15(13)21(22)23)20(16)14-8-4-2-6-12(11)14/h2-10H,1H3. The zero-order chi connectivity index (χ0) is 16.0. The zero-order valence-corrected chi connectivity index (χ0v) is 12.3. The molecule has 0 aliphatic rings. The van der Waals surface area contributed by atoms with Crippen LogP contribution in [0, 0.1) is 17.0 Å². The van der Waals surface area contributed by atoms with Gasteiger partial charge in [0.05, 0.1) is 16.0 Å². The van der Waals surface area contributed by atoms with Crippen LogP contribution in [0.2, 0.25) is 0 Å². The van der Waals surface area contributed by atoms with Crippen LogP contribution in [0.5, 0.6) is 0 Å². The summed E-state index contributed by atoms with van der Waals surface area (Å²) in [6.45, 7) is 2.02. The lowest BCUT2D eigenvalue weighted by atomic mass is 10.1. The smallest absolute Gasteiger partial charge is 0.275 e. The van der Waals surface area contributed by atoms with Gasteiger partial charge in [-0.3, -0.25) is 14.5 Å². The first-order valence-electron chi connectivity index (χ1n) is 7.14. The van der Waals surface area contributed by atoms with E-state index >= 15 is 0 Å². The van der Waals surface area contributed by atoms with Crippen molar-refractivity contribution in [1.82, 2.24) is 14.6 Å². The van der Waals surface area contributed by atoms with Crippen LogP contribution in [0.4, 0.5) is 5.69 Å². The topological polar surface area (TPSA) is 73.3 Å². The minimum Gasteiger partial charge on any atom is -0.275 e. The summed E-state index contributed by atoms with van der Waals surface area (Å²) in [5, 5.41) is 20.8. The van der Waals surface area contributed by atoms with Crippen LogP contribution in [0.25, 0.3) is 27.9 Å². The third-order valence-electron chi connectivity index (χ3n) is 3.95. The molecule has 2 heterocycles. The van der Waals surface area contributed by atoms with E-state index in [0.717, 1.165) is 16.5 Å². The first-order valence-corrected chi connectivity index (χ1v) is 7.14. The summed E-state index contributed by atoms with van der Waals surface area (Å²) in [4.78, 5) is 10.9. The highest BCUT2D eigenvalue weighted by molar-refractivity contribution is 5.87. The average Bonchev–Trinajstić information content (AvgIpc) is 2.99. The summed E-state index contributed by atoms with van der Waals surface area (Å²) in [5.74, 6) is 0.475. The highest BCUT2D eigenvalue weighted by Gasteiger charge is 2.20. The Bertz CT molecular complexity index is 1070. The molecule has 0 fully saturated rings. The highest BCUT2D eigenvalue weighted by Crippen LogP contribution is 2.31. The number of nitro benzene ring substituents is 1. The predicted molar refractivity (Wildman–Crippen MR) is 87.3 cm³/mol. The largest absolute Gasteiger partial charge is 0.280 e. The van der Waals surface area contributed by atoms with Crippen molar-refractivity contribution in [3.63, 3.8) is 0 Å². The molecule has 4 aromatic rings. The molecule has 0 aliphatic carbocycles. The molecular formula is C17H12N4O2. The monoisotopic (exact) mass is 304 g/mol. The summed E-state index contributed by atoms with van der Waals surface area (Å²) >= 11 is 0. The molecule has 0 aliphatic heterocycles. The lowest BCUT2D eigenvalue weighted by Gasteiger charge is -2.07. The predicted octanol–water partition coefficient (Wildman–Crippen LogP) is 3.77. The van der Waals surface area contributed by atoms with Gasteiger partial charge in [-0.25, -0.2) is 0 Å². The maximum atomic E-state index is 11.3. The summed E-state index contributed by atoms with van der Waals surface area (Å²) in [7, 11) is 0. The maximum absolute atomic E-state index is 11.3. The van der Waals surface area contributed by atoms with E-state index in [0.29, 0.717) is 17.0 Å². The SMILES string of the molecule is Cc1cc2nnc(-c3ccccc3[N+](=O)[O-])n2c2ccccc12. The first-order chi connectivity index (χ1) is 11.2. The number of hydrogen-bond acceptors (Lipinski definition) is 4. The molecule has 2 aromatic heterocycles. The van der Waals surface area contributed by atoms with Gasteiger partial charge in [-0.15, -0.1) is 10.2 Å². The van der Waals surface area contributed by atoms with Gasteiger partial charge in [0.25, 0.3) is 5.69 Å². The second kappa shape index (κ2) is 4.88. The van der Waals surface area contributed by atoms with E-state index in [1.165, 1.54) is 6.07 Å². The van der Waals surface area contributed by atoms with E-state index < -0.39 is 4.92 Å². The fourth-order valence-corrected chi connectivity index (χ4v) is 2.90. The van der Waals surface area contributed by atoms with Gasteiger partial charge in [-0.2, -0.15) is 0 Å². The Morgan fingerprint density at radius 3 is 2.61 bits per heavy atom. The molecule has 2 aromatic carbocycles. The third kappa shape index (κ3) is 1.96. The van der Waals surface area contributed by atoms with E-state index in [1.807, 2.05) is 41.7 Å². The van der Waals surface area contributed by atoms with Gasteiger partial charge in [0.15, 0.2) is 11.5 Å². The van der Waals surface area contributed by atoms with Crippen molar-refractivity contribution in [1.29, 1.82) is 0 Å². The fourth-order valence-electron chi connectivity index (χ4n) is 2.90. The Balaban J connectivity index is 2.15. The van der Waals surface area contributed by atoms with E-state index in [-0.39, 0.29) is 5.69 Å². The van der Waals surface area contributed by atoms with Crippen molar-refractivity contribution in [3.8, 4) is 11.4 Å². The van der Waals surface area contributed by atoms with Crippen molar-refractivity contribution in [2.24, 2.45) is 0 Å². The number of para-hydroxylation sites is 2. The fraction of sp³-hybridized carbons (Fsp3) is 0.0588. The molecule has 0 N–H and O–H groups in total. The Hall–Kier alpha value is -3.28. The lowest BCUT2D eigenvalue weighted by Crippen LogP contribution is -1.97. The molecule has 0 saturated carbocycles. The van der Waals surface area contributed by atoms with E-state index in [9.17, 15) is 10.1 Å². The van der Waals surface area contributed by atoms with Gasteiger partial charge in [0, 0.05) is 11.5 Å².